The van der Waals surface area contributed by atoms with Crippen molar-refractivity contribution >= 4 is 44.5 Å². The van der Waals surface area contributed by atoms with Gasteiger partial charge in [0.25, 0.3) is 0 Å². The molecule has 0 radical (unpaired) electrons. The van der Waals surface area contributed by atoms with Gasteiger partial charge in [-0.3, -0.25) is 4.79 Å². The van der Waals surface area contributed by atoms with Crippen LogP contribution in [0.2, 0.25) is 5.02 Å². The molecule has 1 heterocycles. The average molecular weight is 520 g/mol. The van der Waals surface area contributed by atoms with Crippen molar-refractivity contribution in [2.45, 2.75) is 56.2 Å². The molecule has 1 aromatic heterocycles. The molecule has 4 rings (SSSR count). The number of aliphatic hydroxyl groups excluding tert-OH is 1. The van der Waals surface area contributed by atoms with Crippen LogP contribution in [0.25, 0.3) is 11.0 Å². The number of aliphatic hydroxyl groups is 1. The third-order valence-corrected chi connectivity index (χ3v) is 8.38. The van der Waals surface area contributed by atoms with Crippen molar-refractivity contribution in [3.8, 4) is 0 Å². The maximum absolute atomic E-state index is 13.0. The van der Waals surface area contributed by atoms with Crippen LogP contribution < -0.4 is 15.8 Å². The van der Waals surface area contributed by atoms with Crippen LogP contribution >= 0.6 is 11.6 Å². The van der Waals surface area contributed by atoms with Gasteiger partial charge >= 0.3 is 0 Å². The van der Waals surface area contributed by atoms with Gasteiger partial charge in [0.2, 0.25) is 21.9 Å². The third kappa shape index (κ3) is 5.45. The largest absolute Gasteiger partial charge is 0.393 e. The normalized spacial score (nSPS) is 18.9. The molecule has 1 aliphatic rings. The van der Waals surface area contributed by atoms with Gasteiger partial charge in [0.15, 0.2) is 0 Å². The van der Waals surface area contributed by atoms with E-state index in [0.717, 1.165) is 31.2 Å². The van der Waals surface area contributed by atoms with Gasteiger partial charge in [-0.1, -0.05) is 49.1 Å². The first-order valence-electron chi connectivity index (χ1n) is 11.6. The number of primary amides is 1. The number of imidazole rings is 1. The van der Waals surface area contributed by atoms with Crippen molar-refractivity contribution in [3.05, 3.63) is 52.5 Å². The summed E-state index contributed by atoms with van der Waals surface area (Å²) < 4.78 is 30.1. The van der Waals surface area contributed by atoms with E-state index in [1.807, 2.05) is 18.2 Å². The van der Waals surface area contributed by atoms with Gasteiger partial charge in [0, 0.05) is 29.6 Å². The van der Waals surface area contributed by atoms with E-state index in [9.17, 15) is 18.3 Å². The number of anilines is 1. The molecule has 35 heavy (non-hydrogen) atoms. The number of amides is 1. The monoisotopic (exact) mass is 519 g/mol. The second kappa shape index (κ2) is 10.5. The van der Waals surface area contributed by atoms with Crippen molar-refractivity contribution < 1.29 is 18.3 Å². The Morgan fingerprint density at radius 1 is 1.23 bits per heavy atom. The van der Waals surface area contributed by atoms with Gasteiger partial charge in [-0.15, -0.1) is 0 Å². The molecular weight excluding hydrogens is 490 g/mol. The first kappa shape index (κ1) is 25.4. The molecular formula is C24H30ClN5O4S. The van der Waals surface area contributed by atoms with Gasteiger partial charge in [-0.2, -0.15) is 0 Å². The zero-order chi connectivity index (χ0) is 25.2. The number of benzene rings is 2. The number of carbonyl (C=O) groups excluding carboxylic acids is 1. The van der Waals surface area contributed by atoms with Crippen LogP contribution in [0, 0.1) is 5.92 Å². The number of nitrogens with zero attached hydrogens (tertiary/aromatic N) is 2. The number of aromatic nitrogens is 2. The van der Waals surface area contributed by atoms with Gasteiger partial charge in [0.05, 0.1) is 17.1 Å². The van der Waals surface area contributed by atoms with Crippen LogP contribution in [0.3, 0.4) is 0 Å². The molecule has 5 N–H and O–H groups in total. The molecule has 0 spiro atoms. The Morgan fingerprint density at radius 3 is 2.69 bits per heavy atom. The molecule has 0 aliphatic heterocycles. The molecule has 3 aromatic rings. The highest BCUT2D eigenvalue weighted by Crippen LogP contribution is 2.32. The summed E-state index contributed by atoms with van der Waals surface area (Å²) in [6.45, 7) is 0.720. The van der Waals surface area contributed by atoms with Crippen molar-refractivity contribution in [3.63, 3.8) is 0 Å². The number of nitrogens with one attached hydrogen (secondary N) is 2. The highest BCUT2D eigenvalue weighted by molar-refractivity contribution is 7.89. The smallest absolute Gasteiger partial charge is 0.248 e. The van der Waals surface area contributed by atoms with Gasteiger partial charge in [0.1, 0.15) is 4.90 Å². The SMILES string of the molecule is CNS(=O)(=O)c1cc(C(N)=O)cc2nc(NCc3ccccc3Cl)n(C[C@H]3CCCCC[C@H]3O)c12. The Balaban J connectivity index is 1.87. The lowest BCUT2D eigenvalue weighted by Gasteiger charge is -2.23. The fraction of sp³-hybridized carbons (Fsp3) is 0.417. The minimum atomic E-state index is -3.96. The molecule has 11 heteroatoms. The maximum Gasteiger partial charge on any atom is 0.248 e. The Hall–Kier alpha value is -2.66. The molecule has 2 aromatic carbocycles. The van der Waals surface area contributed by atoms with E-state index in [-0.39, 0.29) is 16.4 Å². The van der Waals surface area contributed by atoms with Gasteiger partial charge in [-0.25, -0.2) is 18.1 Å². The van der Waals surface area contributed by atoms with E-state index in [4.69, 9.17) is 17.3 Å². The van der Waals surface area contributed by atoms with Crippen LogP contribution in [-0.4, -0.2) is 42.1 Å². The molecule has 0 unspecified atom stereocenters. The standard InChI is InChI=1S/C24H30ClN5O4S/c1-27-35(33,34)21-12-17(23(26)32)11-19-22(21)30(14-16-8-3-2-4-10-20(16)31)24(29-19)28-13-15-7-5-6-9-18(15)25/h5-7,9,11-12,16,20,27,31H,2-4,8,10,13-14H2,1H3,(H2,26,32)(H,28,29)/t16-,20-/m1/s1. The van der Waals surface area contributed by atoms with E-state index in [0.29, 0.717) is 41.5 Å². The van der Waals surface area contributed by atoms with Crippen LogP contribution in [0.1, 0.15) is 48.0 Å². The van der Waals surface area contributed by atoms with Crippen LogP contribution in [-0.2, 0) is 23.1 Å². The predicted molar refractivity (Wildman–Crippen MR) is 136 cm³/mol. The van der Waals surface area contributed by atoms with E-state index in [1.54, 1.807) is 10.6 Å². The Morgan fingerprint density at radius 2 is 1.97 bits per heavy atom. The lowest BCUT2D eigenvalue weighted by atomic mass is 9.97. The summed E-state index contributed by atoms with van der Waals surface area (Å²) >= 11 is 6.32. The molecule has 1 fully saturated rings. The Labute approximate surface area is 209 Å². The molecule has 1 amide bonds. The molecule has 2 atom stereocenters. The minimum Gasteiger partial charge on any atom is -0.393 e. The molecule has 188 valence electrons. The van der Waals surface area contributed by atoms with E-state index in [2.05, 4.69) is 15.0 Å². The van der Waals surface area contributed by atoms with Crippen molar-refractivity contribution in [1.82, 2.24) is 14.3 Å². The van der Waals surface area contributed by atoms with Crippen molar-refractivity contribution in [1.29, 1.82) is 0 Å². The molecule has 1 saturated carbocycles. The number of hydrogen-bond acceptors (Lipinski definition) is 6. The lowest BCUT2D eigenvalue weighted by Crippen LogP contribution is -2.26. The molecule has 0 saturated heterocycles. The minimum absolute atomic E-state index is 0.0446. The summed E-state index contributed by atoms with van der Waals surface area (Å²) in [6.07, 6.45) is 4.02. The first-order chi connectivity index (χ1) is 16.7. The zero-order valence-corrected chi connectivity index (χ0v) is 21.1. The lowest BCUT2D eigenvalue weighted by molar-refractivity contribution is 0.0917. The highest BCUT2D eigenvalue weighted by atomic mass is 35.5. The number of rotatable bonds is 8. The average Bonchev–Trinajstić information content (AvgIpc) is 3.04. The van der Waals surface area contributed by atoms with E-state index in [1.165, 1.54) is 19.2 Å². The van der Waals surface area contributed by atoms with Crippen LogP contribution in [0.5, 0.6) is 0 Å². The van der Waals surface area contributed by atoms with E-state index < -0.39 is 22.0 Å². The first-order valence-corrected chi connectivity index (χ1v) is 13.5. The summed E-state index contributed by atoms with van der Waals surface area (Å²) in [7, 11) is -2.65. The number of carbonyl (C=O) groups is 1. The number of nitrogens with two attached hydrogens (primary N) is 1. The van der Waals surface area contributed by atoms with E-state index >= 15 is 0 Å². The fourth-order valence-electron chi connectivity index (χ4n) is 4.63. The van der Waals surface area contributed by atoms with Crippen LogP contribution in [0.15, 0.2) is 41.3 Å². The quantitative estimate of drug-likeness (QED) is 0.337. The third-order valence-electron chi connectivity index (χ3n) is 6.58. The summed E-state index contributed by atoms with van der Waals surface area (Å²) in [4.78, 5) is 16.5. The number of halogens is 1. The van der Waals surface area contributed by atoms with Crippen LogP contribution in [0.4, 0.5) is 5.95 Å². The predicted octanol–water partition coefficient (Wildman–Crippen LogP) is 3.25. The second-order valence-electron chi connectivity index (χ2n) is 8.87. The van der Waals surface area contributed by atoms with Gasteiger partial charge in [-0.05, 0) is 43.7 Å². The molecule has 1 aliphatic carbocycles. The second-order valence-corrected chi connectivity index (χ2v) is 11.1. The van der Waals surface area contributed by atoms with Crippen molar-refractivity contribution in [2.24, 2.45) is 11.7 Å². The van der Waals surface area contributed by atoms with Crippen molar-refractivity contribution in [2.75, 3.05) is 12.4 Å². The topological polar surface area (TPSA) is 139 Å². The Bertz CT molecular complexity index is 1340. The van der Waals surface area contributed by atoms with Gasteiger partial charge < -0.3 is 20.7 Å². The summed E-state index contributed by atoms with van der Waals surface area (Å²) in [6, 6.07) is 10.2. The highest BCUT2D eigenvalue weighted by Gasteiger charge is 2.28. The Kier molecular flexibility index (Phi) is 7.65. The maximum atomic E-state index is 13.0. The number of sulfonamides is 1. The number of fused-ring (bicyclic) bond motifs is 1. The summed E-state index contributed by atoms with van der Waals surface area (Å²) in [5, 5.41) is 14.7. The summed E-state index contributed by atoms with van der Waals surface area (Å²) in [5.41, 5.74) is 7.05. The summed E-state index contributed by atoms with van der Waals surface area (Å²) in [5.74, 6) is -0.402. The fourth-order valence-corrected chi connectivity index (χ4v) is 5.80. The zero-order valence-electron chi connectivity index (χ0n) is 19.5. The molecule has 9 nitrogen and oxygen atoms in total. The molecule has 0 bridgehead atoms. The number of hydrogen-bond donors (Lipinski definition) is 4.